The molecule has 1 atom stereocenters. The zero-order valence-electron chi connectivity index (χ0n) is 10.6. The van der Waals surface area contributed by atoms with E-state index in [0.29, 0.717) is 16.4 Å². The number of hydrogen-bond acceptors (Lipinski definition) is 3. The van der Waals surface area contributed by atoms with Gasteiger partial charge in [0.25, 0.3) is 5.91 Å². The number of amides is 1. The molecule has 18 heavy (non-hydrogen) atoms. The maximum atomic E-state index is 12.3. The molecule has 0 aliphatic rings. The second-order valence-electron chi connectivity index (χ2n) is 4.10. The predicted molar refractivity (Wildman–Crippen MR) is 72.5 cm³/mol. The first-order valence-corrected chi connectivity index (χ1v) is 6.90. The number of rotatable bonds is 5. The molecule has 0 saturated heterocycles. The van der Waals surface area contributed by atoms with Gasteiger partial charge in [0.1, 0.15) is 4.88 Å². The molecular weight excluding hydrogens is 274 g/mol. The summed E-state index contributed by atoms with van der Waals surface area (Å²) >= 11 is 7.36. The Morgan fingerprint density at radius 2 is 2.17 bits per heavy atom. The fraction of sp³-hybridized carbons (Fsp3) is 0.500. The van der Waals surface area contributed by atoms with Crippen LogP contribution in [0.3, 0.4) is 0 Å². The van der Waals surface area contributed by atoms with Gasteiger partial charge in [0.05, 0.1) is 11.4 Å². The standard InChI is InChI=1S/C12H16ClNO3S/c1-4-14(8(3)5-9(15)16)12(17)11-10(13)7(2)6-18-11/h6,8H,4-5H2,1-3H3,(H,15,16). The second kappa shape index (κ2) is 6.20. The number of carbonyl (C=O) groups excluding carboxylic acids is 1. The van der Waals surface area contributed by atoms with Gasteiger partial charge in [-0.1, -0.05) is 11.6 Å². The van der Waals surface area contributed by atoms with Gasteiger partial charge < -0.3 is 10.0 Å². The van der Waals surface area contributed by atoms with Crippen molar-refractivity contribution < 1.29 is 14.7 Å². The van der Waals surface area contributed by atoms with Gasteiger partial charge in [-0.05, 0) is 31.7 Å². The molecule has 0 aliphatic carbocycles. The number of hydrogen-bond donors (Lipinski definition) is 1. The highest BCUT2D eigenvalue weighted by Gasteiger charge is 2.25. The molecule has 0 spiro atoms. The van der Waals surface area contributed by atoms with E-state index in [1.807, 2.05) is 19.2 Å². The zero-order valence-corrected chi connectivity index (χ0v) is 12.1. The number of aryl methyl sites for hydroxylation is 1. The Morgan fingerprint density at radius 3 is 2.56 bits per heavy atom. The van der Waals surface area contributed by atoms with Gasteiger partial charge in [0, 0.05) is 12.6 Å². The fourth-order valence-corrected chi connectivity index (χ4v) is 2.95. The molecule has 4 nitrogen and oxygen atoms in total. The van der Waals surface area contributed by atoms with E-state index in [-0.39, 0.29) is 18.4 Å². The van der Waals surface area contributed by atoms with Crippen LogP contribution in [0.5, 0.6) is 0 Å². The van der Waals surface area contributed by atoms with Crippen molar-refractivity contribution >= 4 is 34.8 Å². The average Bonchev–Trinajstić information content (AvgIpc) is 2.59. The molecule has 1 heterocycles. The molecule has 0 radical (unpaired) electrons. The molecule has 1 aromatic heterocycles. The summed E-state index contributed by atoms with van der Waals surface area (Å²) in [6.07, 6.45) is -0.0679. The number of aliphatic carboxylic acids is 1. The Hall–Kier alpha value is -1.07. The molecule has 1 aromatic rings. The zero-order chi connectivity index (χ0) is 13.9. The van der Waals surface area contributed by atoms with Crippen LogP contribution in [0.15, 0.2) is 5.38 Å². The van der Waals surface area contributed by atoms with Gasteiger partial charge in [0.15, 0.2) is 0 Å². The molecule has 1 N–H and O–H groups in total. The monoisotopic (exact) mass is 289 g/mol. The molecular formula is C12H16ClNO3S. The maximum absolute atomic E-state index is 12.3. The molecule has 0 saturated carbocycles. The summed E-state index contributed by atoms with van der Waals surface area (Å²) in [5.41, 5.74) is 0.868. The van der Waals surface area contributed by atoms with E-state index in [2.05, 4.69) is 0 Å². The first-order chi connectivity index (χ1) is 8.38. The third-order valence-corrected chi connectivity index (χ3v) is 4.38. The number of halogens is 1. The molecule has 0 aromatic carbocycles. The van der Waals surface area contributed by atoms with Crippen LogP contribution in [0, 0.1) is 6.92 Å². The van der Waals surface area contributed by atoms with Gasteiger partial charge in [-0.25, -0.2) is 0 Å². The minimum atomic E-state index is -0.915. The first-order valence-electron chi connectivity index (χ1n) is 5.64. The van der Waals surface area contributed by atoms with Crippen LogP contribution in [0.4, 0.5) is 0 Å². The molecule has 0 bridgehead atoms. The van der Waals surface area contributed by atoms with Crippen molar-refractivity contribution in [2.24, 2.45) is 0 Å². The van der Waals surface area contributed by atoms with Crippen LogP contribution in [-0.2, 0) is 4.79 Å². The third-order valence-electron chi connectivity index (χ3n) is 2.70. The number of carboxylic acids is 1. The van der Waals surface area contributed by atoms with Crippen molar-refractivity contribution in [3.05, 3.63) is 20.8 Å². The lowest BCUT2D eigenvalue weighted by molar-refractivity contribution is -0.138. The van der Waals surface area contributed by atoms with E-state index < -0.39 is 5.97 Å². The van der Waals surface area contributed by atoms with Gasteiger partial charge in [-0.3, -0.25) is 9.59 Å². The Morgan fingerprint density at radius 1 is 1.56 bits per heavy atom. The molecule has 1 rings (SSSR count). The fourth-order valence-electron chi connectivity index (χ4n) is 1.72. The van der Waals surface area contributed by atoms with Crippen molar-refractivity contribution in [3.8, 4) is 0 Å². The van der Waals surface area contributed by atoms with Crippen LogP contribution >= 0.6 is 22.9 Å². The van der Waals surface area contributed by atoms with Gasteiger partial charge in [0.2, 0.25) is 0 Å². The quantitative estimate of drug-likeness (QED) is 0.906. The van der Waals surface area contributed by atoms with E-state index in [4.69, 9.17) is 16.7 Å². The SMILES string of the molecule is CCN(C(=O)c1scc(C)c1Cl)C(C)CC(=O)O. The molecule has 1 amide bonds. The number of carboxylic acid groups (broad SMARTS) is 1. The average molecular weight is 290 g/mol. The summed E-state index contributed by atoms with van der Waals surface area (Å²) < 4.78 is 0. The second-order valence-corrected chi connectivity index (χ2v) is 5.36. The highest BCUT2D eigenvalue weighted by Crippen LogP contribution is 2.29. The van der Waals surface area contributed by atoms with E-state index in [1.165, 1.54) is 16.2 Å². The van der Waals surface area contributed by atoms with Crippen molar-refractivity contribution in [1.29, 1.82) is 0 Å². The van der Waals surface area contributed by atoms with E-state index in [9.17, 15) is 9.59 Å². The van der Waals surface area contributed by atoms with Crippen molar-refractivity contribution in [2.45, 2.75) is 33.2 Å². The molecule has 6 heteroatoms. The van der Waals surface area contributed by atoms with Gasteiger partial charge in [-0.15, -0.1) is 11.3 Å². The number of nitrogens with zero attached hydrogens (tertiary/aromatic N) is 1. The topological polar surface area (TPSA) is 57.6 Å². The summed E-state index contributed by atoms with van der Waals surface area (Å²) in [6, 6.07) is -0.349. The van der Waals surface area contributed by atoms with Crippen molar-refractivity contribution in [1.82, 2.24) is 4.90 Å². The molecule has 0 fully saturated rings. The van der Waals surface area contributed by atoms with Crippen molar-refractivity contribution in [3.63, 3.8) is 0 Å². The highest BCUT2D eigenvalue weighted by molar-refractivity contribution is 7.13. The Bertz CT molecular complexity index is 458. The largest absolute Gasteiger partial charge is 0.481 e. The van der Waals surface area contributed by atoms with Gasteiger partial charge >= 0.3 is 5.97 Å². The summed E-state index contributed by atoms with van der Waals surface area (Å²) in [4.78, 5) is 25.0. The van der Waals surface area contributed by atoms with Crippen LogP contribution in [0.1, 0.15) is 35.5 Å². The first kappa shape index (κ1) is 15.0. The lowest BCUT2D eigenvalue weighted by atomic mass is 10.2. The number of thiophene rings is 1. The molecule has 0 aliphatic heterocycles. The Balaban J connectivity index is 2.92. The highest BCUT2D eigenvalue weighted by atomic mass is 35.5. The molecule has 1 unspecified atom stereocenters. The van der Waals surface area contributed by atoms with Gasteiger partial charge in [-0.2, -0.15) is 0 Å². The van der Waals surface area contributed by atoms with Crippen LogP contribution in [-0.4, -0.2) is 34.5 Å². The lowest BCUT2D eigenvalue weighted by Gasteiger charge is -2.26. The van der Waals surface area contributed by atoms with E-state index in [0.717, 1.165) is 5.56 Å². The Kier molecular flexibility index (Phi) is 5.16. The molecule has 100 valence electrons. The summed E-state index contributed by atoms with van der Waals surface area (Å²) in [6.45, 7) is 5.85. The smallest absolute Gasteiger partial charge is 0.305 e. The minimum absolute atomic E-state index is 0.0679. The summed E-state index contributed by atoms with van der Waals surface area (Å²) in [7, 11) is 0. The maximum Gasteiger partial charge on any atom is 0.305 e. The predicted octanol–water partition coefficient (Wildman–Crippen LogP) is 3.04. The van der Waals surface area contributed by atoms with Crippen LogP contribution in [0.25, 0.3) is 0 Å². The van der Waals surface area contributed by atoms with Crippen LogP contribution in [0.2, 0.25) is 5.02 Å². The third kappa shape index (κ3) is 3.23. The number of carbonyl (C=O) groups is 2. The summed E-state index contributed by atoms with van der Waals surface area (Å²) in [5.74, 6) is -1.11. The van der Waals surface area contributed by atoms with E-state index >= 15 is 0 Å². The van der Waals surface area contributed by atoms with E-state index in [1.54, 1.807) is 6.92 Å². The minimum Gasteiger partial charge on any atom is -0.481 e. The lowest BCUT2D eigenvalue weighted by Crippen LogP contribution is -2.39. The summed E-state index contributed by atoms with van der Waals surface area (Å²) in [5, 5.41) is 11.1. The van der Waals surface area contributed by atoms with Crippen molar-refractivity contribution in [2.75, 3.05) is 6.54 Å². The Labute approximate surface area is 115 Å². The normalized spacial score (nSPS) is 12.2. The van der Waals surface area contributed by atoms with Crippen LogP contribution < -0.4 is 0 Å².